The van der Waals surface area contributed by atoms with Gasteiger partial charge in [-0.25, -0.2) is 0 Å². The maximum absolute atomic E-state index is 14.2. The third kappa shape index (κ3) is 6.90. The minimum atomic E-state index is -0.775. The van der Waals surface area contributed by atoms with E-state index in [4.69, 9.17) is 27.9 Å². The van der Waals surface area contributed by atoms with Gasteiger partial charge in [-0.1, -0.05) is 96.9 Å². The molecule has 242 valence electrons. The fourth-order valence-electron chi connectivity index (χ4n) is 7.10. The predicted molar refractivity (Wildman–Crippen MR) is 181 cm³/mol. The lowest BCUT2D eigenvalue weighted by molar-refractivity contribution is -0.220. The molecule has 3 heterocycles. The first-order valence-corrected chi connectivity index (χ1v) is 16.2. The molecule has 0 saturated carbocycles. The van der Waals surface area contributed by atoms with Gasteiger partial charge < -0.3 is 20.0 Å². The highest BCUT2D eigenvalue weighted by atomic mass is 35.5. The van der Waals surface area contributed by atoms with Crippen molar-refractivity contribution in [3.05, 3.63) is 106 Å². The molecule has 3 fully saturated rings. The summed E-state index contributed by atoms with van der Waals surface area (Å²) < 4.78 is 6.90. The van der Waals surface area contributed by atoms with Crippen molar-refractivity contribution in [3.63, 3.8) is 0 Å². The van der Waals surface area contributed by atoms with Crippen molar-refractivity contribution in [2.75, 3.05) is 32.7 Å². The lowest BCUT2D eigenvalue weighted by atomic mass is 9.71. The van der Waals surface area contributed by atoms with Crippen LogP contribution in [0.25, 0.3) is 0 Å². The molecule has 0 bridgehead atoms. The van der Waals surface area contributed by atoms with Crippen molar-refractivity contribution in [2.45, 2.75) is 62.8 Å². The number of carbonyl (C=O) groups is 2. The van der Waals surface area contributed by atoms with Gasteiger partial charge in [0.05, 0.1) is 22.0 Å². The Labute approximate surface area is 282 Å². The molecule has 0 aliphatic carbocycles. The smallest absolute Gasteiger partial charge is 0.267 e. The van der Waals surface area contributed by atoms with Gasteiger partial charge in [0.15, 0.2) is 6.23 Å². The number of ether oxygens (including phenoxy) is 1. The Morgan fingerprint density at radius 3 is 2.09 bits per heavy atom. The second-order valence-electron chi connectivity index (χ2n) is 12.1. The molecule has 0 spiro atoms. The molecular formula is C35H42Cl3N3O4. The van der Waals surface area contributed by atoms with Gasteiger partial charge in [0.2, 0.25) is 5.91 Å². The second kappa shape index (κ2) is 14.8. The van der Waals surface area contributed by atoms with Crippen molar-refractivity contribution in [3.8, 4) is 0 Å². The van der Waals surface area contributed by atoms with Crippen LogP contribution in [0.5, 0.6) is 0 Å². The fourth-order valence-corrected chi connectivity index (χ4v) is 7.39. The molecular weight excluding hydrogens is 633 g/mol. The monoisotopic (exact) mass is 673 g/mol. The van der Waals surface area contributed by atoms with Gasteiger partial charge in [0.25, 0.3) is 5.91 Å². The number of halogens is 3. The summed E-state index contributed by atoms with van der Waals surface area (Å²) in [6.07, 6.45) is 3.24. The number of rotatable bonds is 7. The number of likely N-dealkylation sites (tertiary alicyclic amines) is 2. The molecule has 6 rings (SSSR count). The van der Waals surface area contributed by atoms with E-state index in [1.165, 1.54) is 0 Å². The van der Waals surface area contributed by atoms with E-state index in [-0.39, 0.29) is 29.7 Å². The number of hydrogen-bond acceptors (Lipinski definition) is 4. The Kier molecular flexibility index (Phi) is 11.6. The van der Waals surface area contributed by atoms with Crippen LogP contribution in [0.2, 0.25) is 10.0 Å². The summed E-state index contributed by atoms with van der Waals surface area (Å²) in [4.78, 5) is 34.4. The van der Waals surface area contributed by atoms with E-state index in [2.05, 4.69) is 24.0 Å². The maximum atomic E-state index is 14.2. The number of piperidine rings is 1. The quantitative estimate of drug-likeness (QED) is 0.297. The van der Waals surface area contributed by atoms with Crippen LogP contribution in [0.4, 0.5) is 0 Å². The summed E-state index contributed by atoms with van der Waals surface area (Å²) in [6.45, 7) is 5.76. The minimum Gasteiger partial charge on any atom is -0.412 e. The molecule has 3 saturated heterocycles. The molecule has 3 aromatic rings. The topological polar surface area (TPSA) is 84.6 Å². The predicted octanol–water partition coefficient (Wildman–Crippen LogP) is 6.24. The Hall–Kier alpha value is -2.65. The van der Waals surface area contributed by atoms with Crippen molar-refractivity contribution in [1.82, 2.24) is 14.7 Å². The van der Waals surface area contributed by atoms with E-state index in [0.717, 1.165) is 42.6 Å². The lowest BCUT2D eigenvalue weighted by Gasteiger charge is -2.51. The molecule has 2 N–H and O–H groups in total. The summed E-state index contributed by atoms with van der Waals surface area (Å²) in [5.74, 6) is 0.169. The number of carbonyl (C=O) groups excluding carboxylic acids is 2. The molecule has 2 atom stereocenters. The molecule has 0 aromatic heterocycles. The zero-order chi connectivity index (χ0) is 30.0. The van der Waals surface area contributed by atoms with E-state index in [9.17, 15) is 9.59 Å². The number of nitrogens with zero attached hydrogens (tertiary/aromatic N) is 3. The van der Waals surface area contributed by atoms with Gasteiger partial charge in [-0.15, -0.1) is 12.4 Å². The molecule has 2 amide bonds. The van der Waals surface area contributed by atoms with Crippen LogP contribution in [-0.4, -0.2) is 70.9 Å². The molecule has 2 unspecified atom stereocenters. The minimum absolute atomic E-state index is 0. The molecule has 7 nitrogen and oxygen atoms in total. The number of hydrogen-bond donors (Lipinski definition) is 0. The summed E-state index contributed by atoms with van der Waals surface area (Å²) in [6, 6.07) is 25.9. The number of amides is 2. The normalized spacial score (nSPS) is 23.3. The number of benzene rings is 3. The zero-order valence-corrected chi connectivity index (χ0v) is 27.9. The van der Waals surface area contributed by atoms with Crippen LogP contribution in [0, 0.1) is 0 Å². The van der Waals surface area contributed by atoms with Crippen LogP contribution in [0.3, 0.4) is 0 Å². The average molecular weight is 675 g/mol. The van der Waals surface area contributed by atoms with Crippen LogP contribution in [0.15, 0.2) is 78.9 Å². The van der Waals surface area contributed by atoms with Gasteiger partial charge in [0, 0.05) is 32.7 Å². The third-order valence-corrected chi connectivity index (χ3v) is 10.4. The standard InChI is InChI=1S/C35H39Cl2N3O3.ClH.H2O/c1-2-35(28-15-16-29(36)30(37)23-28)25-40(24-26-11-5-3-6-12-26)31(41)32(43-35)38-21-17-34(18-22-38,27-13-7-4-8-14-27)33(42)39-19-9-10-20-39;;/h3-8,11-16,23,32H,2,9-10,17-22,24-25H2,1H3;1H;1H2. The molecule has 3 aliphatic rings. The van der Waals surface area contributed by atoms with Gasteiger partial charge in [-0.05, 0) is 60.9 Å². The van der Waals surface area contributed by atoms with Crippen molar-refractivity contribution in [2.24, 2.45) is 0 Å². The molecule has 10 heteroatoms. The first-order chi connectivity index (χ1) is 20.8. The SMILES string of the molecule is CCC1(c2ccc(Cl)c(Cl)c2)CN(Cc2ccccc2)C(=O)C(N2CCC(C(=O)N3CCCC3)(c3ccccc3)CC2)O1.Cl.O. The van der Waals surface area contributed by atoms with E-state index in [1.54, 1.807) is 6.07 Å². The fraction of sp³-hybridized carbons (Fsp3) is 0.429. The van der Waals surface area contributed by atoms with Gasteiger partial charge in [0.1, 0.15) is 5.60 Å². The summed E-state index contributed by atoms with van der Waals surface area (Å²) in [5.41, 5.74) is 1.66. The van der Waals surface area contributed by atoms with Crippen molar-refractivity contribution in [1.29, 1.82) is 0 Å². The average Bonchev–Trinajstić information content (AvgIpc) is 3.59. The highest BCUT2D eigenvalue weighted by molar-refractivity contribution is 6.42. The molecule has 45 heavy (non-hydrogen) atoms. The van der Waals surface area contributed by atoms with Crippen LogP contribution < -0.4 is 0 Å². The molecule has 3 aliphatic heterocycles. The largest absolute Gasteiger partial charge is 0.412 e. The highest BCUT2D eigenvalue weighted by Gasteiger charge is 2.51. The van der Waals surface area contributed by atoms with E-state index < -0.39 is 17.2 Å². The Morgan fingerprint density at radius 2 is 1.49 bits per heavy atom. The molecule has 3 aromatic carbocycles. The van der Waals surface area contributed by atoms with Crippen LogP contribution in [-0.2, 0) is 31.9 Å². The maximum Gasteiger partial charge on any atom is 0.267 e. The summed E-state index contributed by atoms with van der Waals surface area (Å²) >= 11 is 12.8. The second-order valence-corrected chi connectivity index (χ2v) is 12.9. The molecule has 0 radical (unpaired) electrons. The van der Waals surface area contributed by atoms with Gasteiger partial charge in [-0.3, -0.25) is 14.5 Å². The Balaban J connectivity index is 0.00000230. The van der Waals surface area contributed by atoms with E-state index in [1.807, 2.05) is 70.5 Å². The Bertz CT molecular complexity index is 1450. The third-order valence-electron chi connectivity index (χ3n) is 9.65. The van der Waals surface area contributed by atoms with Crippen molar-refractivity contribution >= 4 is 47.4 Å². The first-order valence-electron chi connectivity index (χ1n) is 15.4. The van der Waals surface area contributed by atoms with Crippen molar-refractivity contribution < 1.29 is 19.8 Å². The van der Waals surface area contributed by atoms with Crippen LogP contribution in [0.1, 0.15) is 55.7 Å². The lowest BCUT2D eigenvalue weighted by Crippen LogP contribution is -2.64. The Morgan fingerprint density at radius 1 is 0.867 bits per heavy atom. The zero-order valence-electron chi connectivity index (χ0n) is 25.6. The van der Waals surface area contributed by atoms with E-state index >= 15 is 0 Å². The summed E-state index contributed by atoms with van der Waals surface area (Å²) in [5, 5.41) is 0.946. The van der Waals surface area contributed by atoms with Gasteiger partial charge in [-0.2, -0.15) is 0 Å². The van der Waals surface area contributed by atoms with Crippen LogP contribution >= 0.6 is 35.6 Å². The van der Waals surface area contributed by atoms with Gasteiger partial charge >= 0.3 is 0 Å². The van der Waals surface area contributed by atoms with E-state index in [0.29, 0.717) is 55.5 Å². The highest BCUT2D eigenvalue weighted by Crippen LogP contribution is 2.43. The summed E-state index contributed by atoms with van der Waals surface area (Å²) in [7, 11) is 0. The number of morpholine rings is 1. The first kappa shape index (κ1) is 35.2.